The van der Waals surface area contributed by atoms with Crippen LogP contribution in [0.25, 0.3) is 0 Å². The number of rotatable bonds is 7. The Morgan fingerprint density at radius 3 is 1.87 bits per heavy atom. The molecule has 1 N–H and O–H groups in total. The molecule has 0 aliphatic carbocycles. The fourth-order valence-electron chi connectivity index (χ4n) is 5.50. The quantitative estimate of drug-likeness (QED) is 0.283. The number of ketones is 1. The maximum atomic E-state index is 13.8. The standard InChI is InChI=1S/C32H29FN2O4/c33-27-16-14-23(15-17-27)30(37)29(35-20-8-7-13-28(35)36)31(38)34-21-18-26(19-22-34)32(39,24-9-3-1-4-10-24)25-11-5-2-6-12-25/h1-17,20,26,29,39H,18-19,21-22H2. The van der Waals surface area contributed by atoms with Crippen LogP contribution < -0.4 is 5.56 Å². The number of carbonyl (C=O) groups is 2. The fraction of sp³-hybridized carbons (Fsp3) is 0.219. The summed E-state index contributed by atoms with van der Waals surface area (Å²) in [5.41, 5.74) is -0.0360. The molecule has 1 aliphatic rings. The number of aliphatic hydroxyl groups is 1. The van der Waals surface area contributed by atoms with Gasteiger partial charge in [0.15, 0.2) is 11.8 Å². The van der Waals surface area contributed by atoms with Crippen LogP contribution in [0.4, 0.5) is 4.39 Å². The molecule has 1 amide bonds. The van der Waals surface area contributed by atoms with Gasteiger partial charge in [0.25, 0.3) is 11.5 Å². The van der Waals surface area contributed by atoms with E-state index in [1.54, 1.807) is 17.0 Å². The molecule has 0 radical (unpaired) electrons. The molecule has 1 aliphatic heterocycles. The van der Waals surface area contributed by atoms with Gasteiger partial charge in [0.2, 0.25) is 0 Å². The second-order valence-electron chi connectivity index (χ2n) is 9.82. The summed E-state index contributed by atoms with van der Waals surface area (Å²) in [6, 6.07) is 27.0. The summed E-state index contributed by atoms with van der Waals surface area (Å²) in [4.78, 5) is 41.6. The summed E-state index contributed by atoms with van der Waals surface area (Å²) in [7, 11) is 0. The highest BCUT2D eigenvalue weighted by Gasteiger charge is 2.43. The van der Waals surface area contributed by atoms with E-state index in [0.29, 0.717) is 25.9 Å². The van der Waals surface area contributed by atoms with E-state index in [4.69, 9.17) is 0 Å². The number of pyridine rings is 1. The van der Waals surface area contributed by atoms with Crippen LogP contribution in [-0.4, -0.2) is 39.4 Å². The summed E-state index contributed by atoms with van der Waals surface area (Å²) < 4.78 is 14.6. The Bertz CT molecular complexity index is 1460. The van der Waals surface area contributed by atoms with Crippen molar-refractivity contribution in [1.82, 2.24) is 9.47 Å². The molecule has 6 nitrogen and oxygen atoms in total. The fourth-order valence-corrected chi connectivity index (χ4v) is 5.50. The van der Waals surface area contributed by atoms with Gasteiger partial charge in [-0.2, -0.15) is 0 Å². The van der Waals surface area contributed by atoms with Gasteiger partial charge >= 0.3 is 0 Å². The van der Waals surface area contributed by atoms with Crippen molar-refractivity contribution in [3.63, 3.8) is 0 Å². The van der Waals surface area contributed by atoms with Crippen molar-refractivity contribution in [3.05, 3.63) is 142 Å². The minimum atomic E-state index is -1.41. The number of aromatic nitrogens is 1. The summed E-state index contributed by atoms with van der Waals surface area (Å²) >= 11 is 0. The Balaban J connectivity index is 1.43. The Morgan fingerprint density at radius 1 is 0.795 bits per heavy atom. The molecule has 1 unspecified atom stereocenters. The van der Waals surface area contributed by atoms with Crippen molar-refractivity contribution in [3.8, 4) is 0 Å². The SMILES string of the molecule is O=C(c1ccc(F)cc1)C(C(=O)N1CCC(C(O)(c2ccccc2)c2ccccc2)CC1)n1ccccc1=O. The van der Waals surface area contributed by atoms with Gasteiger partial charge in [0.1, 0.15) is 11.4 Å². The van der Waals surface area contributed by atoms with Crippen molar-refractivity contribution in [2.24, 2.45) is 5.92 Å². The number of halogens is 1. The van der Waals surface area contributed by atoms with Gasteiger partial charge in [-0.1, -0.05) is 66.7 Å². The molecule has 39 heavy (non-hydrogen) atoms. The monoisotopic (exact) mass is 524 g/mol. The molecule has 0 saturated carbocycles. The predicted molar refractivity (Wildman–Crippen MR) is 146 cm³/mol. The number of nitrogens with zero attached hydrogens (tertiary/aromatic N) is 2. The third kappa shape index (κ3) is 5.18. The molecule has 3 aromatic carbocycles. The van der Waals surface area contributed by atoms with Gasteiger partial charge < -0.3 is 10.0 Å². The van der Waals surface area contributed by atoms with Gasteiger partial charge in [0.05, 0.1) is 0 Å². The summed E-state index contributed by atoms with van der Waals surface area (Å²) in [6.07, 6.45) is 2.41. The number of benzene rings is 3. The van der Waals surface area contributed by atoms with Crippen molar-refractivity contribution < 1.29 is 19.1 Å². The van der Waals surface area contributed by atoms with Crippen LogP contribution in [0.5, 0.6) is 0 Å². The van der Waals surface area contributed by atoms with Crippen molar-refractivity contribution in [2.45, 2.75) is 24.5 Å². The topological polar surface area (TPSA) is 79.6 Å². The number of carbonyl (C=O) groups excluding carboxylic acids is 2. The van der Waals surface area contributed by atoms with E-state index in [1.807, 2.05) is 60.7 Å². The maximum absolute atomic E-state index is 13.8. The predicted octanol–water partition coefficient (Wildman–Crippen LogP) is 4.59. The zero-order valence-corrected chi connectivity index (χ0v) is 21.3. The van der Waals surface area contributed by atoms with E-state index in [1.165, 1.54) is 24.4 Å². The number of Topliss-reactive ketones (excluding diaryl/α,β-unsaturated/α-hetero) is 1. The maximum Gasteiger partial charge on any atom is 0.253 e. The Labute approximate surface area is 226 Å². The minimum Gasteiger partial charge on any atom is -0.380 e. The minimum absolute atomic E-state index is 0.142. The molecular weight excluding hydrogens is 495 g/mol. The lowest BCUT2D eigenvalue weighted by Gasteiger charge is -2.43. The highest BCUT2D eigenvalue weighted by atomic mass is 19.1. The van der Waals surface area contributed by atoms with Gasteiger partial charge in [-0.05, 0) is 60.2 Å². The molecule has 1 aromatic heterocycles. The first kappa shape index (κ1) is 26.3. The molecule has 0 bridgehead atoms. The molecule has 1 atom stereocenters. The average Bonchev–Trinajstić information content (AvgIpc) is 2.99. The lowest BCUT2D eigenvalue weighted by molar-refractivity contribution is -0.136. The molecule has 1 fully saturated rings. The van der Waals surface area contributed by atoms with Gasteiger partial charge in [-0.15, -0.1) is 0 Å². The normalized spacial score (nSPS) is 15.1. The van der Waals surface area contributed by atoms with E-state index in [-0.39, 0.29) is 11.5 Å². The summed E-state index contributed by atoms with van der Waals surface area (Å²) in [5.74, 6) is -1.77. The van der Waals surface area contributed by atoms with E-state index < -0.39 is 34.7 Å². The number of amides is 1. The molecule has 5 rings (SSSR count). The zero-order valence-electron chi connectivity index (χ0n) is 21.3. The second-order valence-corrected chi connectivity index (χ2v) is 9.82. The van der Waals surface area contributed by atoms with Gasteiger partial charge in [-0.3, -0.25) is 19.0 Å². The largest absolute Gasteiger partial charge is 0.380 e. The molecule has 0 spiro atoms. The van der Waals surface area contributed by atoms with Gasteiger partial charge in [-0.25, -0.2) is 4.39 Å². The highest BCUT2D eigenvalue weighted by Crippen LogP contribution is 2.42. The highest BCUT2D eigenvalue weighted by molar-refractivity contribution is 6.11. The first-order valence-electron chi connectivity index (χ1n) is 13.0. The van der Waals surface area contributed by atoms with E-state index in [0.717, 1.165) is 27.8 Å². The van der Waals surface area contributed by atoms with Crippen LogP contribution in [0, 0.1) is 11.7 Å². The number of hydrogen-bond donors (Lipinski definition) is 1. The molecule has 7 heteroatoms. The molecule has 4 aromatic rings. The number of piperidine rings is 1. The molecule has 2 heterocycles. The van der Waals surface area contributed by atoms with E-state index in [9.17, 15) is 23.9 Å². The molecule has 198 valence electrons. The van der Waals surface area contributed by atoms with Crippen LogP contribution >= 0.6 is 0 Å². The third-order valence-corrected chi connectivity index (χ3v) is 7.57. The molecular formula is C32H29FN2O4. The number of hydrogen-bond acceptors (Lipinski definition) is 4. The van der Waals surface area contributed by atoms with E-state index in [2.05, 4.69) is 0 Å². The first-order valence-corrected chi connectivity index (χ1v) is 13.0. The van der Waals surface area contributed by atoms with Crippen molar-refractivity contribution in [1.29, 1.82) is 0 Å². The molecule has 1 saturated heterocycles. The lowest BCUT2D eigenvalue weighted by Crippen LogP contribution is -2.49. The van der Waals surface area contributed by atoms with Crippen LogP contribution in [-0.2, 0) is 10.4 Å². The number of likely N-dealkylation sites (tertiary alicyclic amines) is 1. The smallest absolute Gasteiger partial charge is 0.253 e. The average molecular weight is 525 g/mol. The van der Waals surface area contributed by atoms with Gasteiger partial charge in [0, 0.05) is 30.9 Å². The zero-order chi connectivity index (χ0) is 27.4. The van der Waals surface area contributed by atoms with Crippen molar-refractivity contribution in [2.75, 3.05) is 13.1 Å². The van der Waals surface area contributed by atoms with Crippen LogP contribution in [0.2, 0.25) is 0 Å². The van der Waals surface area contributed by atoms with Crippen molar-refractivity contribution >= 4 is 11.7 Å². The Kier molecular flexibility index (Phi) is 7.52. The van der Waals surface area contributed by atoms with Crippen LogP contribution in [0.3, 0.4) is 0 Å². The second kappa shape index (κ2) is 11.2. The third-order valence-electron chi connectivity index (χ3n) is 7.57. The first-order chi connectivity index (χ1) is 18.9. The summed E-state index contributed by atoms with van der Waals surface area (Å²) in [5, 5.41) is 12.2. The summed E-state index contributed by atoms with van der Waals surface area (Å²) in [6.45, 7) is 0.612. The Morgan fingerprint density at radius 2 is 1.33 bits per heavy atom. The lowest BCUT2D eigenvalue weighted by atomic mass is 9.72. The van der Waals surface area contributed by atoms with E-state index >= 15 is 0 Å². The van der Waals surface area contributed by atoms with Crippen LogP contribution in [0.15, 0.2) is 114 Å². The Hall–Kier alpha value is -4.36. The van der Waals surface area contributed by atoms with Crippen LogP contribution in [0.1, 0.15) is 40.4 Å².